The zero-order chi connectivity index (χ0) is 13.7. The smallest absolute Gasteiger partial charge is 0.0841 e. The van der Waals surface area contributed by atoms with E-state index in [0.29, 0.717) is 5.92 Å². The molecule has 1 atom stereocenters. The van der Waals surface area contributed by atoms with Crippen LogP contribution in [0, 0.1) is 5.92 Å². The second-order valence-electron chi connectivity index (χ2n) is 5.34. The van der Waals surface area contributed by atoms with Crippen LogP contribution in [-0.4, -0.2) is 16.3 Å². The van der Waals surface area contributed by atoms with Crippen LogP contribution in [0.2, 0.25) is 0 Å². The van der Waals surface area contributed by atoms with Crippen molar-refractivity contribution in [2.24, 2.45) is 5.92 Å². The van der Waals surface area contributed by atoms with Gasteiger partial charge in [0.25, 0.3) is 0 Å². The maximum Gasteiger partial charge on any atom is 0.0841 e. The van der Waals surface area contributed by atoms with Crippen molar-refractivity contribution >= 4 is 10.9 Å². The lowest BCUT2D eigenvalue weighted by molar-refractivity contribution is 0.444. The molecule has 2 rings (SSSR count). The van der Waals surface area contributed by atoms with Gasteiger partial charge in [0.2, 0.25) is 0 Å². The maximum atomic E-state index is 4.80. The third kappa shape index (κ3) is 3.35. The van der Waals surface area contributed by atoms with Crippen molar-refractivity contribution in [3.63, 3.8) is 0 Å². The minimum absolute atomic E-state index is 0.666. The van der Waals surface area contributed by atoms with Gasteiger partial charge in [0.05, 0.1) is 11.2 Å². The molecule has 0 aliphatic carbocycles. The Morgan fingerprint density at radius 1 is 1.26 bits per heavy atom. The molecule has 0 saturated carbocycles. The van der Waals surface area contributed by atoms with Crippen molar-refractivity contribution in [1.82, 2.24) is 15.1 Å². The predicted octanol–water partition coefficient (Wildman–Crippen LogP) is 3.58. The molecule has 0 bridgehead atoms. The number of nitrogens with zero attached hydrogens (tertiary/aromatic N) is 2. The van der Waals surface area contributed by atoms with Crippen LogP contribution in [-0.2, 0) is 13.1 Å². The zero-order valence-corrected chi connectivity index (χ0v) is 12.3. The molecule has 0 aliphatic heterocycles. The maximum absolute atomic E-state index is 4.80. The van der Waals surface area contributed by atoms with Gasteiger partial charge in [0.15, 0.2) is 0 Å². The summed E-state index contributed by atoms with van der Waals surface area (Å²) in [5, 5.41) is 9.54. The third-order valence-corrected chi connectivity index (χ3v) is 3.64. The van der Waals surface area contributed by atoms with E-state index in [1.54, 1.807) is 0 Å². The quantitative estimate of drug-likeness (QED) is 0.770. The first-order valence-electron chi connectivity index (χ1n) is 7.41. The summed E-state index contributed by atoms with van der Waals surface area (Å²) < 4.78 is 2.17. The lowest BCUT2D eigenvalue weighted by atomic mass is 10.1. The fraction of sp³-hybridized carbons (Fsp3) is 0.562. The van der Waals surface area contributed by atoms with Crippen LogP contribution >= 0.6 is 0 Å². The summed E-state index contributed by atoms with van der Waals surface area (Å²) in [6, 6.07) is 8.55. The lowest BCUT2D eigenvalue weighted by Gasteiger charge is -2.09. The molecule has 0 saturated heterocycles. The number of aromatic nitrogens is 2. The highest BCUT2D eigenvalue weighted by Crippen LogP contribution is 2.20. The molecule has 2 aromatic rings. The summed E-state index contributed by atoms with van der Waals surface area (Å²) >= 11 is 0. The van der Waals surface area contributed by atoms with Gasteiger partial charge in [-0.25, -0.2) is 0 Å². The predicted molar refractivity (Wildman–Crippen MR) is 81.2 cm³/mol. The Balaban J connectivity index is 2.26. The molecule has 1 aromatic carbocycles. The average Bonchev–Trinajstić information content (AvgIpc) is 2.78. The van der Waals surface area contributed by atoms with Gasteiger partial charge in [-0.1, -0.05) is 45.4 Å². The average molecular weight is 259 g/mol. The minimum Gasteiger partial charge on any atom is -0.311 e. The molecule has 0 fully saturated rings. The number of hydrogen-bond donors (Lipinski definition) is 1. The Morgan fingerprint density at radius 2 is 2.05 bits per heavy atom. The molecule has 1 heterocycles. The van der Waals surface area contributed by atoms with Crippen LogP contribution in [0.3, 0.4) is 0 Å². The van der Waals surface area contributed by atoms with Crippen molar-refractivity contribution in [2.75, 3.05) is 6.54 Å². The summed E-state index contributed by atoms with van der Waals surface area (Å²) in [6.07, 6.45) is 2.35. The monoisotopic (exact) mass is 259 g/mol. The number of para-hydroxylation sites is 1. The highest BCUT2D eigenvalue weighted by atomic mass is 15.3. The molecule has 3 nitrogen and oxygen atoms in total. The summed E-state index contributed by atoms with van der Waals surface area (Å²) in [5.41, 5.74) is 2.43. The van der Waals surface area contributed by atoms with E-state index in [4.69, 9.17) is 5.10 Å². The Morgan fingerprint density at radius 3 is 2.79 bits per heavy atom. The van der Waals surface area contributed by atoms with Gasteiger partial charge in [-0.3, -0.25) is 4.68 Å². The zero-order valence-electron chi connectivity index (χ0n) is 12.3. The van der Waals surface area contributed by atoms with Crippen molar-refractivity contribution in [3.8, 4) is 0 Å². The van der Waals surface area contributed by atoms with Gasteiger partial charge >= 0.3 is 0 Å². The van der Waals surface area contributed by atoms with Gasteiger partial charge in [-0.15, -0.1) is 0 Å². The molecular formula is C16H25N3. The number of rotatable bonds is 7. The van der Waals surface area contributed by atoms with Crippen LogP contribution in [0.15, 0.2) is 24.3 Å². The van der Waals surface area contributed by atoms with Crippen LogP contribution in [0.4, 0.5) is 0 Å². The first kappa shape index (κ1) is 14.1. The number of hydrogen-bond acceptors (Lipinski definition) is 2. The Hall–Kier alpha value is -1.35. The minimum atomic E-state index is 0.666. The SMILES string of the molecule is CCCNCc1nn(CC(C)CC)c2ccccc12. The molecule has 1 aromatic heterocycles. The standard InChI is InChI=1S/C16H25N3/c1-4-10-17-11-15-14-8-6-7-9-16(14)19(18-15)12-13(3)5-2/h6-9,13,17H,4-5,10-12H2,1-3H3. The second-order valence-corrected chi connectivity index (χ2v) is 5.34. The molecule has 104 valence electrons. The van der Waals surface area contributed by atoms with E-state index in [0.717, 1.165) is 26.1 Å². The Bertz CT molecular complexity index is 516. The van der Waals surface area contributed by atoms with Crippen molar-refractivity contribution < 1.29 is 0 Å². The van der Waals surface area contributed by atoms with E-state index in [1.165, 1.54) is 23.0 Å². The molecule has 0 radical (unpaired) electrons. The normalized spacial score (nSPS) is 13.0. The van der Waals surface area contributed by atoms with E-state index in [1.807, 2.05) is 0 Å². The Kier molecular flexibility index (Phi) is 4.97. The van der Waals surface area contributed by atoms with Gasteiger partial charge in [0, 0.05) is 18.5 Å². The van der Waals surface area contributed by atoms with E-state index in [9.17, 15) is 0 Å². The van der Waals surface area contributed by atoms with E-state index >= 15 is 0 Å². The first-order chi connectivity index (χ1) is 9.26. The van der Waals surface area contributed by atoms with Gasteiger partial charge in [-0.2, -0.15) is 5.10 Å². The summed E-state index contributed by atoms with van der Waals surface area (Å²) in [4.78, 5) is 0. The molecule has 1 N–H and O–H groups in total. The largest absolute Gasteiger partial charge is 0.311 e. The highest BCUT2D eigenvalue weighted by Gasteiger charge is 2.11. The lowest BCUT2D eigenvalue weighted by Crippen LogP contribution is -2.15. The first-order valence-corrected chi connectivity index (χ1v) is 7.41. The number of nitrogens with one attached hydrogen (secondary N) is 1. The number of fused-ring (bicyclic) bond motifs is 1. The van der Waals surface area contributed by atoms with Gasteiger partial charge in [0.1, 0.15) is 0 Å². The summed E-state index contributed by atoms with van der Waals surface area (Å²) in [5.74, 6) is 0.666. The highest BCUT2D eigenvalue weighted by molar-refractivity contribution is 5.81. The number of benzene rings is 1. The van der Waals surface area contributed by atoms with Crippen molar-refractivity contribution in [1.29, 1.82) is 0 Å². The van der Waals surface area contributed by atoms with Crippen molar-refractivity contribution in [2.45, 2.75) is 46.7 Å². The van der Waals surface area contributed by atoms with E-state index in [-0.39, 0.29) is 0 Å². The fourth-order valence-corrected chi connectivity index (χ4v) is 2.27. The summed E-state index contributed by atoms with van der Waals surface area (Å²) in [7, 11) is 0. The van der Waals surface area contributed by atoms with Gasteiger partial charge < -0.3 is 5.32 Å². The molecule has 1 unspecified atom stereocenters. The van der Waals surface area contributed by atoms with E-state index in [2.05, 4.69) is 55.0 Å². The molecular weight excluding hydrogens is 234 g/mol. The van der Waals surface area contributed by atoms with Crippen LogP contribution in [0.1, 0.15) is 39.3 Å². The molecule has 19 heavy (non-hydrogen) atoms. The van der Waals surface area contributed by atoms with Gasteiger partial charge in [-0.05, 0) is 24.9 Å². The second kappa shape index (κ2) is 6.71. The molecule has 0 amide bonds. The topological polar surface area (TPSA) is 29.9 Å². The molecule has 3 heteroatoms. The molecule has 0 spiro atoms. The van der Waals surface area contributed by atoms with Crippen LogP contribution in [0.5, 0.6) is 0 Å². The third-order valence-electron chi connectivity index (χ3n) is 3.64. The summed E-state index contributed by atoms with van der Waals surface area (Å²) in [6.45, 7) is 9.62. The Labute approximate surface area is 116 Å². The molecule has 0 aliphatic rings. The van der Waals surface area contributed by atoms with Crippen LogP contribution in [0.25, 0.3) is 10.9 Å². The fourth-order valence-electron chi connectivity index (χ4n) is 2.27. The van der Waals surface area contributed by atoms with E-state index < -0.39 is 0 Å². The van der Waals surface area contributed by atoms with Crippen LogP contribution < -0.4 is 5.32 Å². The van der Waals surface area contributed by atoms with Crippen molar-refractivity contribution in [3.05, 3.63) is 30.0 Å².